The van der Waals surface area contributed by atoms with Crippen molar-refractivity contribution >= 4 is 17.8 Å². The first-order chi connectivity index (χ1) is 5.54. The third-order valence-corrected chi connectivity index (χ3v) is 1.63. The Labute approximate surface area is 69.9 Å². The number of carbonyl (C=O) groups is 3. The molecule has 0 bridgehead atoms. The number of hydrogen-bond donors (Lipinski definition) is 0. The first kappa shape index (κ1) is 8.70. The van der Waals surface area contributed by atoms with E-state index in [0.717, 1.165) is 0 Å². The summed E-state index contributed by atoms with van der Waals surface area (Å²) >= 11 is 0. The summed E-state index contributed by atoms with van der Waals surface area (Å²) in [4.78, 5) is 35.1. The van der Waals surface area contributed by atoms with E-state index in [1.807, 2.05) is 0 Å². The number of rotatable bonds is 0. The molecule has 0 spiro atoms. The lowest BCUT2D eigenvalue weighted by atomic mass is 10.4. The van der Waals surface area contributed by atoms with Gasteiger partial charge in [0.25, 0.3) is 0 Å². The van der Waals surface area contributed by atoms with Gasteiger partial charge in [0, 0.05) is 26.9 Å². The summed E-state index contributed by atoms with van der Waals surface area (Å²) in [5.41, 5.74) is 0. The number of carbonyl (C=O) groups excluding carboxylic acids is 3. The van der Waals surface area contributed by atoms with E-state index in [-0.39, 0.29) is 12.8 Å². The molecular formula is C7H10N2O3. The summed E-state index contributed by atoms with van der Waals surface area (Å²) in [6, 6.07) is -0.553. The maximum absolute atomic E-state index is 11.2. The lowest BCUT2D eigenvalue weighted by Gasteiger charge is -2.16. The molecule has 1 aliphatic rings. The Kier molecular flexibility index (Phi) is 2.12. The predicted octanol–water partition coefficient (Wildman–Crippen LogP) is -0.183. The fourth-order valence-corrected chi connectivity index (χ4v) is 0.990. The van der Waals surface area contributed by atoms with E-state index in [1.54, 1.807) is 0 Å². The molecule has 0 aromatic rings. The van der Waals surface area contributed by atoms with Gasteiger partial charge in [-0.05, 0) is 0 Å². The standard InChI is InChI=1S/C7H10N2O3/c1-8(2)7(12)9-5(10)3-4-6(9)11/h3-4H2,1-2H3. The topological polar surface area (TPSA) is 57.7 Å². The SMILES string of the molecule is CN(C)C(=O)N1C(=O)CCC1=O. The average Bonchev–Trinajstić information content (AvgIpc) is 2.30. The molecule has 1 aliphatic heterocycles. The van der Waals surface area contributed by atoms with Gasteiger partial charge in [0.2, 0.25) is 11.8 Å². The molecule has 5 nitrogen and oxygen atoms in total. The molecule has 4 amide bonds. The summed E-state index contributed by atoms with van der Waals surface area (Å²) in [6.07, 6.45) is 0.302. The van der Waals surface area contributed by atoms with Crippen LogP contribution in [0.25, 0.3) is 0 Å². The Morgan fingerprint density at radius 3 is 2.00 bits per heavy atom. The minimum absolute atomic E-state index is 0.151. The lowest BCUT2D eigenvalue weighted by molar-refractivity contribution is -0.135. The third kappa shape index (κ3) is 1.30. The fourth-order valence-electron chi connectivity index (χ4n) is 0.990. The molecule has 0 aromatic heterocycles. The molecule has 0 aliphatic carbocycles. The van der Waals surface area contributed by atoms with Crippen LogP contribution in [0, 0.1) is 0 Å². The quantitative estimate of drug-likeness (QED) is 0.474. The molecule has 1 heterocycles. The molecule has 0 N–H and O–H groups in total. The van der Waals surface area contributed by atoms with Gasteiger partial charge >= 0.3 is 6.03 Å². The van der Waals surface area contributed by atoms with Crippen molar-refractivity contribution in [3.63, 3.8) is 0 Å². The highest BCUT2D eigenvalue weighted by Gasteiger charge is 2.35. The van der Waals surface area contributed by atoms with Gasteiger partial charge in [-0.1, -0.05) is 0 Å². The summed E-state index contributed by atoms with van der Waals surface area (Å²) in [5, 5.41) is 0. The minimum Gasteiger partial charge on any atom is -0.330 e. The number of hydrogen-bond acceptors (Lipinski definition) is 3. The zero-order valence-electron chi connectivity index (χ0n) is 7.03. The molecule has 0 unspecified atom stereocenters. The Morgan fingerprint density at radius 1 is 1.25 bits per heavy atom. The van der Waals surface area contributed by atoms with Crippen LogP contribution in [-0.2, 0) is 9.59 Å². The van der Waals surface area contributed by atoms with Crippen LogP contribution in [0.2, 0.25) is 0 Å². The van der Waals surface area contributed by atoms with Gasteiger partial charge in [-0.25, -0.2) is 9.69 Å². The second-order valence-corrected chi connectivity index (χ2v) is 2.80. The summed E-state index contributed by atoms with van der Waals surface area (Å²) in [7, 11) is 3.00. The molecule has 0 aromatic carbocycles. The molecule has 1 saturated heterocycles. The monoisotopic (exact) mass is 170 g/mol. The second-order valence-electron chi connectivity index (χ2n) is 2.80. The van der Waals surface area contributed by atoms with Crippen molar-refractivity contribution in [3.05, 3.63) is 0 Å². The highest BCUT2D eigenvalue weighted by molar-refractivity contribution is 6.14. The van der Waals surface area contributed by atoms with Crippen LogP contribution in [0.5, 0.6) is 0 Å². The zero-order valence-corrected chi connectivity index (χ0v) is 7.03. The third-order valence-electron chi connectivity index (χ3n) is 1.63. The van der Waals surface area contributed by atoms with Crippen LogP contribution in [0.4, 0.5) is 4.79 Å². The van der Waals surface area contributed by atoms with Crippen LogP contribution >= 0.6 is 0 Å². The van der Waals surface area contributed by atoms with E-state index in [0.29, 0.717) is 4.90 Å². The molecule has 5 heteroatoms. The summed E-state index contributed by atoms with van der Waals surface area (Å²) in [6.45, 7) is 0. The van der Waals surface area contributed by atoms with Crippen molar-refractivity contribution in [2.75, 3.05) is 14.1 Å². The van der Waals surface area contributed by atoms with E-state index in [4.69, 9.17) is 0 Å². The second kappa shape index (κ2) is 2.92. The Morgan fingerprint density at radius 2 is 1.67 bits per heavy atom. The van der Waals surface area contributed by atoms with Crippen LogP contribution in [0.3, 0.4) is 0 Å². The highest BCUT2D eigenvalue weighted by atomic mass is 16.2. The maximum Gasteiger partial charge on any atom is 0.333 e. The van der Waals surface area contributed by atoms with Crippen molar-refractivity contribution in [3.8, 4) is 0 Å². The Balaban J connectivity index is 2.80. The van der Waals surface area contributed by atoms with Gasteiger partial charge in [-0.2, -0.15) is 0 Å². The van der Waals surface area contributed by atoms with Crippen molar-refractivity contribution in [2.45, 2.75) is 12.8 Å². The van der Waals surface area contributed by atoms with Gasteiger partial charge in [0.15, 0.2) is 0 Å². The van der Waals surface area contributed by atoms with Gasteiger partial charge < -0.3 is 4.90 Å². The average molecular weight is 170 g/mol. The molecule has 12 heavy (non-hydrogen) atoms. The van der Waals surface area contributed by atoms with Crippen molar-refractivity contribution in [2.24, 2.45) is 0 Å². The molecule has 1 fully saturated rings. The number of likely N-dealkylation sites (tertiary alicyclic amines) is 1. The molecular weight excluding hydrogens is 160 g/mol. The van der Waals surface area contributed by atoms with Crippen LogP contribution in [0.1, 0.15) is 12.8 Å². The molecule has 0 radical (unpaired) electrons. The predicted molar refractivity (Wildman–Crippen MR) is 40.2 cm³/mol. The lowest BCUT2D eigenvalue weighted by Crippen LogP contribution is -2.42. The molecule has 0 saturated carbocycles. The number of imide groups is 3. The van der Waals surface area contributed by atoms with E-state index in [1.165, 1.54) is 19.0 Å². The Hall–Kier alpha value is -1.39. The normalized spacial score (nSPS) is 17.0. The van der Waals surface area contributed by atoms with Crippen molar-refractivity contribution in [1.82, 2.24) is 9.80 Å². The van der Waals surface area contributed by atoms with Crippen molar-refractivity contribution < 1.29 is 14.4 Å². The van der Waals surface area contributed by atoms with E-state index in [9.17, 15) is 14.4 Å². The number of amides is 4. The van der Waals surface area contributed by atoms with Crippen LogP contribution in [-0.4, -0.2) is 41.7 Å². The summed E-state index contributed by atoms with van der Waals surface area (Å²) < 4.78 is 0. The number of urea groups is 1. The Bertz CT molecular complexity index is 231. The van der Waals surface area contributed by atoms with Crippen LogP contribution < -0.4 is 0 Å². The molecule has 1 rings (SSSR count). The van der Waals surface area contributed by atoms with Gasteiger partial charge in [-0.15, -0.1) is 0 Å². The molecule has 0 atom stereocenters. The smallest absolute Gasteiger partial charge is 0.330 e. The highest BCUT2D eigenvalue weighted by Crippen LogP contribution is 2.12. The first-order valence-electron chi connectivity index (χ1n) is 3.61. The van der Waals surface area contributed by atoms with E-state index in [2.05, 4.69) is 0 Å². The largest absolute Gasteiger partial charge is 0.333 e. The molecule has 66 valence electrons. The first-order valence-corrected chi connectivity index (χ1v) is 3.61. The maximum atomic E-state index is 11.2. The minimum atomic E-state index is -0.553. The van der Waals surface area contributed by atoms with Crippen LogP contribution in [0.15, 0.2) is 0 Å². The van der Waals surface area contributed by atoms with E-state index < -0.39 is 17.8 Å². The van der Waals surface area contributed by atoms with Gasteiger partial charge in [-0.3, -0.25) is 9.59 Å². The van der Waals surface area contributed by atoms with E-state index >= 15 is 0 Å². The fraction of sp³-hybridized carbons (Fsp3) is 0.571. The zero-order chi connectivity index (χ0) is 9.30. The summed E-state index contributed by atoms with van der Waals surface area (Å²) in [5.74, 6) is -0.808. The van der Waals surface area contributed by atoms with Gasteiger partial charge in [0.05, 0.1) is 0 Å². The number of nitrogens with zero attached hydrogens (tertiary/aromatic N) is 2. The van der Waals surface area contributed by atoms with Crippen molar-refractivity contribution in [1.29, 1.82) is 0 Å². The van der Waals surface area contributed by atoms with Gasteiger partial charge in [0.1, 0.15) is 0 Å².